The lowest BCUT2D eigenvalue weighted by Crippen LogP contribution is -2.08. The Morgan fingerprint density at radius 3 is 2.75 bits per heavy atom. The minimum Gasteiger partial charge on any atom is -0.301 e. The Hall–Kier alpha value is -1.62. The van der Waals surface area contributed by atoms with Gasteiger partial charge in [-0.1, -0.05) is 25.6 Å². The van der Waals surface area contributed by atoms with Crippen molar-refractivity contribution in [2.45, 2.75) is 44.5 Å². The van der Waals surface area contributed by atoms with Gasteiger partial charge in [0.2, 0.25) is 0 Å². The highest BCUT2D eigenvalue weighted by molar-refractivity contribution is 7.98. The molecule has 0 aliphatic rings. The maximum Gasteiger partial charge on any atom is 0.251 e. The van der Waals surface area contributed by atoms with E-state index in [0.29, 0.717) is 5.16 Å². The lowest BCUT2D eigenvalue weighted by molar-refractivity contribution is 0.902. The fourth-order valence-electron chi connectivity index (χ4n) is 2.15. The van der Waals surface area contributed by atoms with E-state index < -0.39 is 0 Å². The monoisotopic (exact) mass is 289 g/mol. The van der Waals surface area contributed by atoms with Gasteiger partial charge in [-0.2, -0.15) is 0 Å². The summed E-state index contributed by atoms with van der Waals surface area (Å²) in [5.41, 5.74) is 4.37. The van der Waals surface area contributed by atoms with E-state index in [1.165, 1.54) is 17.2 Å². The summed E-state index contributed by atoms with van der Waals surface area (Å²) in [5.74, 6) is 0.784. The minimum atomic E-state index is -0.0994. The van der Waals surface area contributed by atoms with Crippen LogP contribution in [0.5, 0.6) is 0 Å². The van der Waals surface area contributed by atoms with Gasteiger partial charge in [-0.3, -0.25) is 9.78 Å². The van der Waals surface area contributed by atoms with Crippen LogP contribution in [0.25, 0.3) is 0 Å². The van der Waals surface area contributed by atoms with Crippen molar-refractivity contribution in [1.82, 2.24) is 15.0 Å². The van der Waals surface area contributed by atoms with Gasteiger partial charge in [-0.15, -0.1) is 0 Å². The molecule has 1 N–H and O–H groups in total. The normalized spacial score (nSPS) is 10.8. The number of aromatic nitrogens is 3. The van der Waals surface area contributed by atoms with Gasteiger partial charge in [0.15, 0.2) is 5.16 Å². The fourth-order valence-corrected chi connectivity index (χ4v) is 3.17. The van der Waals surface area contributed by atoms with Gasteiger partial charge in [0.05, 0.1) is 0 Å². The van der Waals surface area contributed by atoms with Crippen LogP contribution in [0.2, 0.25) is 0 Å². The van der Waals surface area contributed by atoms with Crippen molar-refractivity contribution in [3.63, 3.8) is 0 Å². The molecule has 2 rings (SSSR count). The number of hydrogen-bond donors (Lipinski definition) is 1. The van der Waals surface area contributed by atoms with Crippen molar-refractivity contribution in [2.24, 2.45) is 0 Å². The Kier molecular flexibility index (Phi) is 4.95. The number of aryl methyl sites for hydroxylation is 3. The summed E-state index contributed by atoms with van der Waals surface area (Å²) in [6.45, 7) is 6.09. The summed E-state index contributed by atoms with van der Waals surface area (Å²) in [6.07, 6.45) is 3.78. The Balaban J connectivity index is 2.24. The molecule has 0 unspecified atom stereocenters. The van der Waals surface area contributed by atoms with E-state index >= 15 is 0 Å². The van der Waals surface area contributed by atoms with Gasteiger partial charge in [-0.25, -0.2) is 4.98 Å². The lowest BCUT2D eigenvalue weighted by Gasteiger charge is -2.11. The number of aromatic amines is 1. The Bertz CT molecular complexity index is 630. The number of nitrogens with zero attached hydrogens (tertiary/aromatic N) is 2. The first-order chi connectivity index (χ1) is 9.63. The first-order valence-electron chi connectivity index (χ1n) is 6.80. The third-order valence-electron chi connectivity index (χ3n) is 3.16. The third-order valence-corrected chi connectivity index (χ3v) is 4.06. The van der Waals surface area contributed by atoms with Crippen LogP contribution in [0, 0.1) is 6.92 Å². The van der Waals surface area contributed by atoms with Gasteiger partial charge in [-0.05, 0) is 37.0 Å². The second-order valence-electron chi connectivity index (χ2n) is 4.58. The standard InChI is InChI=1S/C15H19N3OS/c1-4-11-6-7-16-13(5-2)12(11)9-20-15-17-10(3)8-14(19)18-15/h6-8H,4-5,9H2,1-3H3,(H,17,18,19). The van der Waals surface area contributed by atoms with Gasteiger partial charge in [0.1, 0.15) is 0 Å². The molecule has 5 heteroatoms. The molecule has 0 amide bonds. The second kappa shape index (κ2) is 6.70. The zero-order valence-electron chi connectivity index (χ0n) is 12.1. The quantitative estimate of drug-likeness (QED) is 0.679. The highest BCUT2D eigenvalue weighted by atomic mass is 32.2. The van der Waals surface area contributed by atoms with Crippen LogP contribution in [-0.2, 0) is 18.6 Å². The topological polar surface area (TPSA) is 58.6 Å². The molecular weight excluding hydrogens is 270 g/mol. The molecule has 0 aromatic carbocycles. The molecular formula is C15H19N3OS. The largest absolute Gasteiger partial charge is 0.301 e. The summed E-state index contributed by atoms with van der Waals surface area (Å²) >= 11 is 1.55. The summed E-state index contributed by atoms with van der Waals surface area (Å²) in [5, 5.41) is 0.669. The van der Waals surface area contributed by atoms with E-state index in [9.17, 15) is 4.79 Å². The van der Waals surface area contributed by atoms with Crippen molar-refractivity contribution < 1.29 is 0 Å². The van der Waals surface area contributed by atoms with Crippen molar-refractivity contribution in [3.05, 3.63) is 51.2 Å². The first-order valence-corrected chi connectivity index (χ1v) is 7.79. The van der Waals surface area contributed by atoms with E-state index in [2.05, 4.69) is 34.9 Å². The van der Waals surface area contributed by atoms with Crippen molar-refractivity contribution in [3.8, 4) is 0 Å². The number of rotatable bonds is 5. The molecule has 0 spiro atoms. The molecule has 2 aromatic heterocycles. The SMILES string of the molecule is CCc1ccnc(CC)c1CSc1nc(C)cc(=O)[nH]1. The Morgan fingerprint density at radius 2 is 2.10 bits per heavy atom. The predicted octanol–water partition coefficient (Wildman–Crippen LogP) is 2.89. The average molecular weight is 289 g/mol. The summed E-state index contributed by atoms with van der Waals surface area (Å²) in [4.78, 5) is 23.0. The molecule has 106 valence electrons. The number of nitrogens with one attached hydrogen (secondary N) is 1. The average Bonchev–Trinajstić information content (AvgIpc) is 2.43. The zero-order chi connectivity index (χ0) is 14.5. The van der Waals surface area contributed by atoms with Crippen molar-refractivity contribution in [1.29, 1.82) is 0 Å². The molecule has 20 heavy (non-hydrogen) atoms. The fraction of sp³-hybridized carbons (Fsp3) is 0.400. The van der Waals surface area contributed by atoms with Crippen molar-refractivity contribution in [2.75, 3.05) is 0 Å². The van der Waals surface area contributed by atoms with E-state index in [0.717, 1.165) is 30.0 Å². The summed E-state index contributed by atoms with van der Waals surface area (Å²) < 4.78 is 0. The third kappa shape index (κ3) is 3.48. The molecule has 0 aliphatic heterocycles. The number of pyridine rings is 1. The number of hydrogen-bond acceptors (Lipinski definition) is 4. The molecule has 0 saturated heterocycles. The number of H-pyrrole nitrogens is 1. The van der Waals surface area contributed by atoms with Crippen LogP contribution in [-0.4, -0.2) is 15.0 Å². The maximum atomic E-state index is 11.4. The highest BCUT2D eigenvalue weighted by Gasteiger charge is 2.09. The molecule has 0 bridgehead atoms. The molecule has 0 fully saturated rings. The minimum absolute atomic E-state index is 0.0994. The van der Waals surface area contributed by atoms with Crippen LogP contribution >= 0.6 is 11.8 Å². The summed E-state index contributed by atoms with van der Waals surface area (Å²) in [6, 6.07) is 3.57. The zero-order valence-corrected chi connectivity index (χ0v) is 12.9. The van der Waals surface area contributed by atoms with Gasteiger partial charge < -0.3 is 4.98 Å². The molecule has 2 aromatic rings. The molecule has 4 nitrogen and oxygen atoms in total. The van der Waals surface area contributed by atoms with Crippen LogP contribution in [0.3, 0.4) is 0 Å². The van der Waals surface area contributed by atoms with Gasteiger partial charge >= 0.3 is 0 Å². The highest BCUT2D eigenvalue weighted by Crippen LogP contribution is 2.23. The Morgan fingerprint density at radius 1 is 1.30 bits per heavy atom. The van der Waals surface area contributed by atoms with E-state index in [1.54, 1.807) is 11.8 Å². The van der Waals surface area contributed by atoms with E-state index in [4.69, 9.17) is 0 Å². The lowest BCUT2D eigenvalue weighted by atomic mass is 10.0. The van der Waals surface area contributed by atoms with Crippen molar-refractivity contribution >= 4 is 11.8 Å². The number of thioether (sulfide) groups is 1. The first kappa shape index (κ1) is 14.8. The van der Waals surface area contributed by atoms with E-state index in [1.807, 2.05) is 13.1 Å². The van der Waals surface area contributed by atoms with Crippen LogP contribution in [0.1, 0.15) is 36.4 Å². The van der Waals surface area contributed by atoms with Crippen LogP contribution < -0.4 is 5.56 Å². The second-order valence-corrected chi connectivity index (χ2v) is 5.55. The predicted molar refractivity (Wildman–Crippen MR) is 82.1 cm³/mol. The maximum absolute atomic E-state index is 11.4. The van der Waals surface area contributed by atoms with Gasteiger partial charge in [0.25, 0.3) is 5.56 Å². The van der Waals surface area contributed by atoms with Crippen LogP contribution in [0.15, 0.2) is 28.3 Å². The van der Waals surface area contributed by atoms with E-state index in [-0.39, 0.29) is 5.56 Å². The molecule has 0 radical (unpaired) electrons. The smallest absolute Gasteiger partial charge is 0.251 e. The van der Waals surface area contributed by atoms with Crippen LogP contribution in [0.4, 0.5) is 0 Å². The molecule has 0 saturated carbocycles. The van der Waals surface area contributed by atoms with Gasteiger partial charge in [0, 0.05) is 29.4 Å². The molecule has 0 aliphatic carbocycles. The molecule has 2 heterocycles. The summed E-state index contributed by atoms with van der Waals surface area (Å²) in [7, 11) is 0. The Labute approximate surface area is 123 Å². The molecule has 0 atom stereocenters.